The van der Waals surface area contributed by atoms with E-state index in [1.807, 2.05) is 0 Å². The van der Waals surface area contributed by atoms with Gasteiger partial charge in [-0.3, -0.25) is 4.57 Å². The van der Waals surface area contributed by atoms with Crippen molar-refractivity contribution in [3.8, 4) is 0 Å². The molecule has 0 unspecified atom stereocenters. The van der Waals surface area contributed by atoms with Gasteiger partial charge in [0.25, 0.3) is 0 Å². The predicted octanol–water partition coefficient (Wildman–Crippen LogP) is 5.64. The van der Waals surface area contributed by atoms with Crippen molar-refractivity contribution < 1.29 is 14.4 Å². The maximum atomic E-state index is 12.1. The van der Waals surface area contributed by atoms with Gasteiger partial charge >= 0.3 is 7.60 Å². The fraction of sp³-hybridized carbons (Fsp3) is 1.00. The summed E-state index contributed by atoms with van der Waals surface area (Å²) in [4.78, 5) is 19.9. The number of unbranched alkanes of at least 4 members (excludes halogenated alkanes) is 6. The lowest BCUT2D eigenvalue weighted by Gasteiger charge is -2.35. The summed E-state index contributed by atoms with van der Waals surface area (Å²) in [5.74, 6) is 0. The highest BCUT2D eigenvalue weighted by molar-refractivity contribution is 7.53. The smallest absolute Gasteiger partial charge is 0.324 e. The number of hydrogen-bond donors (Lipinski definition) is 2. The molecule has 0 aliphatic rings. The minimum atomic E-state index is -4.03. The number of rotatable bonds is 13. The SMILES string of the molecule is CCCCCC(CCCCC)(CCCCC)P(=O)(O)O. The summed E-state index contributed by atoms with van der Waals surface area (Å²) in [7, 11) is -4.03. The second kappa shape index (κ2) is 10.8. The normalized spacial score (nSPS) is 12.8. The predicted molar refractivity (Wildman–Crippen MR) is 87.2 cm³/mol. The lowest BCUT2D eigenvalue weighted by atomic mass is 9.89. The first-order valence-electron chi connectivity index (χ1n) is 8.49. The molecule has 2 N–H and O–H groups in total. The van der Waals surface area contributed by atoms with Crippen molar-refractivity contribution in [1.82, 2.24) is 0 Å². The molecule has 0 heterocycles. The molecule has 0 rings (SSSR count). The summed E-state index contributed by atoms with van der Waals surface area (Å²) in [6.45, 7) is 6.40. The zero-order valence-electron chi connectivity index (χ0n) is 13.7. The van der Waals surface area contributed by atoms with Crippen molar-refractivity contribution in [2.75, 3.05) is 0 Å². The van der Waals surface area contributed by atoms with Gasteiger partial charge in [0.1, 0.15) is 0 Å². The maximum absolute atomic E-state index is 12.1. The highest BCUT2D eigenvalue weighted by atomic mass is 31.2. The van der Waals surface area contributed by atoms with Gasteiger partial charge < -0.3 is 9.79 Å². The fourth-order valence-electron chi connectivity index (χ4n) is 2.92. The average molecular weight is 306 g/mol. The Morgan fingerprint density at radius 2 is 1.00 bits per heavy atom. The Bertz CT molecular complexity index is 246. The van der Waals surface area contributed by atoms with Gasteiger partial charge in [0.2, 0.25) is 0 Å². The Morgan fingerprint density at radius 3 is 1.20 bits per heavy atom. The van der Waals surface area contributed by atoms with Crippen LogP contribution in [-0.4, -0.2) is 14.9 Å². The third kappa shape index (κ3) is 7.24. The molecule has 122 valence electrons. The molecule has 0 aromatic carbocycles. The van der Waals surface area contributed by atoms with E-state index in [0.29, 0.717) is 19.3 Å². The molecule has 0 radical (unpaired) electrons. The zero-order chi connectivity index (χ0) is 15.5. The van der Waals surface area contributed by atoms with Crippen LogP contribution < -0.4 is 0 Å². The van der Waals surface area contributed by atoms with Crippen LogP contribution in [0.5, 0.6) is 0 Å². The molecule has 0 aliphatic carbocycles. The topological polar surface area (TPSA) is 57.5 Å². The molecule has 0 spiro atoms. The van der Waals surface area contributed by atoms with E-state index in [1.165, 1.54) is 0 Å². The Hall–Kier alpha value is 0.150. The van der Waals surface area contributed by atoms with Crippen molar-refractivity contribution in [1.29, 1.82) is 0 Å². The minimum Gasteiger partial charge on any atom is -0.324 e. The Morgan fingerprint density at radius 1 is 0.700 bits per heavy atom. The molecule has 0 saturated carbocycles. The van der Waals surface area contributed by atoms with E-state index in [-0.39, 0.29) is 0 Å². The molecule has 4 heteroatoms. The Balaban J connectivity index is 4.82. The first-order valence-corrected chi connectivity index (χ1v) is 10.1. The van der Waals surface area contributed by atoms with E-state index in [0.717, 1.165) is 57.8 Å². The van der Waals surface area contributed by atoms with Crippen LogP contribution in [-0.2, 0) is 4.57 Å². The van der Waals surface area contributed by atoms with Gasteiger partial charge in [-0.25, -0.2) is 0 Å². The average Bonchev–Trinajstić information content (AvgIpc) is 2.37. The highest BCUT2D eigenvalue weighted by Crippen LogP contribution is 2.58. The Labute approximate surface area is 125 Å². The van der Waals surface area contributed by atoms with Crippen LogP contribution in [0.1, 0.15) is 97.8 Å². The molecule has 0 aliphatic heterocycles. The van der Waals surface area contributed by atoms with Gasteiger partial charge in [0.05, 0.1) is 5.16 Å². The van der Waals surface area contributed by atoms with E-state index in [9.17, 15) is 14.4 Å². The summed E-state index contributed by atoms with van der Waals surface area (Å²) in [5, 5.41) is -0.744. The van der Waals surface area contributed by atoms with Gasteiger partial charge in [-0.15, -0.1) is 0 Å². The first-order chi connectivity index (χ1) is 9.43. The second-order valence-corrected chi connectivity index (χ2v) is 8.18. The van der Waals surface area contributed by atoms with Crippen LogP contribution in [0.25, 0.3) is 0 Å². The van der Waals surface area contributed by atoms with Gasteiger partial charge in [-0.1, -0.05) is 78.6 Å². The molecular formula is C16H35O3P. The zero-order valence-corrected chi connectivity index (χ0v) is 14.6. The maximum Gasteiger partial charge on any atom is 0.331 e. The van der Waals surface area contributed by atoms with Crippen LogP contribution in [0.4, 0.5) is 0 Å². The quantitative estimate of drug-likeness (QED) is 0.342. The van der Waals surface area contributed by atoms with Crippen LogP contribution in [0.15, 0.2) is 0 Å². The molecule has 0 bridgehead atoms. The van der Waals surface area contributed by atoms with E-state index >= 15 is 0 Å². The van der Waals surface area contributed by atoms with Crippen molar-refractivity contribution in [2.45, 2.75) is 103 Å². The molecule has 0 aromatic heterocycles. The standard InChI is InChI=1S/C16H35O3P/c1-4-7-10-13-16(20(17,18)19,14-11-8-5-2)15-12-9-6-3/h4-15H2,1-3H3,(H2,17,18,19). The Kier molecular flexibility index (Phi) is 10.9. The summed E-state index contributed by atoms with van der Waals surface area (Å²) in [5.41, 5.74) is 0. The number of hydrogen-bond acceptors (Lipinski definition) is 1. The van der Waals surface area contributed by atoms with Gasteiger partial charge in [-0.2, -0.15) is 0 Å². The van der Waals surface area contributed by atoms with Crippen LogP contribution in [0, 0.1) is 0 Å². The van der Waals surface area contributed by atoms with E-state index in [2.05, 4.69) is 20.8 Å². The lowest BCUT2D eigenvalue weighted by molar-refractivity contribution is 0.282. The molecule has 3 nitrogen and oxygen atoms in total. The van der Waals surface area contributed by atoms with E-state index in [1.54, 1.807) is 0 Å². The molecular weight excluding hydrogens is 271 g/mol. The van der Waals surface area contributed by atoms with Gasteiger partial charge in [-0.05, 0) is 19.3 Å². The van der Waals surface area contributed by atoms with Crippen molar-refractivity contribution in [3.63, 3.8) is 0 Å². The third-order valence-corrected chi connectivity index (χ3v) is 6.26. The van der Waals surface area contributed by atoms with Crippen molar-refractivity contribution in [3.05, 3.63) is 0 Å². The summed E-state index contributed by atoms with van der Waals surface area (Å²) >= 11 is 0. The monoisotopic (exact) mass is 306 g/mol. The van der Waals surface area contributed by atoms with Gasteiger partial charge in [0, 0.05) is 0 Å². The van der Waals surface area contributed by atoms with Crippen LogP contribution in [0.3, 0.4) is 0 Å². The molecule has 0 amide bonds. The fourth-order valence-corrected chi connectivity index (χ4v) is 4.27. The lowest BCUT2D eigenvalue weighted by Crippen LogP contribution is -2.29. The van der Waals surface area contributed by atoms with Crippen molar-refractivity contribution >= 4 is 7.60 Å². The molecule has 0 aromatic rings. The van der Waals surface area contributed by atoms with Crippen molar-refractivity contribution in [2.24, 2.45) is 0 Å². The first kappa shape index (κ1) is 20.1. The van der Waals surface area contributed by atoms with E-state index in [4.69, 9.17) is 0 Å². The van der Waals surface area contributed by atoms with Gasteiger partial charge in [0.15, 0.2) is 0 Å². The highest BCUT2D eigenvalue weighted by Gasteiger charge is 2.44. The minimum absolute atomic E-state index is 0.693. The summed E-state index contributed by atoms with van der Waals surface area (Å²) < 4.78 is 12.1. The van der Waals surface area contributed by atoms with Crippen LogP contribution in [0.2, 0.25) is 0 Å². The molecule has 0 atom stereocenters. The largest absolute Gasteiger partial charge is 0.331 e. The summed E-state index contributed by atoms with van der Waals surface area (Å²) in [6, 6.07) is 0. The van der Waals surface area contributed by atoms with E-state index < -0.39 is 12.8 Å². The summed E-state index contributed by atoms with van der Waals surface area (Å²) in [6.07, 6.45) is 11.4. The molecule has 0 saturated heterocycles. The molecule has 0 fully saturated rings. The van der Waals surface area contributed by atoms with Crippen LogP contribution >= 0.6 is 7.60 Å². The second-order valence-electron chi connectivity index (χ2n) is 6.14. The molecule has 20 heavy (non-hydrogen) atoms. The third-order valence-electron chi connectivity index (χ3n) is 4.35.